The molecule has 7 nitrogen and oxygen atoms in total. The molecule has 0 saturated carbocycles. The number of amides is 1. The van der Waals surface area contributed by atoms with E-state index in [1.165, 1.54) is 0 Å². The van der Waals surface area contributed by atoms with Crippen molar-refractivity contribution in [2.75, 3.05) is 19.6 Å². The van der Waals surface area contributed by atoms with Crippen LogP contribution in [0, 0.1) is 0 Å². The number of aromatic nitrogens is 2. The Hall–Kier alpha value is -1.93. The maximum atomic E-state index is 12.5. The number of H-pyrrole nitrogens is 1. The van der Waals surface area contributed by atoms with Crippen LogP contribution in [0.2, 0.25) is 0 Å². The largest absolute Gasteiger partial charge is 0.346 e. The van der Waals surface area contributed by atoms with Crippen LogP contribution in [0.1, 0.15) is 23.8 Å². The Kier molecular flexibility index (Phi) is 3.88. The van der Waals surface area contributed by atoms with E-state index in [0.717, 1.165) is 5.39 Å². The lowest BCUT2D eigenvalue weighted by molar-refractivity contribution is 0.0787. The van der Waals surface area contributed by atoms with Crippen molar-refractivity contribution in [2.45, 2.75) is 18.6 Å². The average molecular weight is 322 g/mol. The molecule has 8 heteroatoms. The van der Waals surface area contributed by atoms with Gasteiger partial charge in [0.15, 0.2) is 0 Å². The number of fused-ring (bicyclic) bond motifs is 1. The quantitative estimate of drug-likeness (QED) is 0.867. The zero-order valence-electron chi connectivity index (χ0n) is 12.2. The maximum absolute atomic E-state index is 12.5. The summed E-state index contributed by atoms with van der Waals surface area (Å²) in [5.74, 6) is -0.231. The predicted octanol–water partition coefficient (Wildman–Crippen LogP) is 0.717. The third-order valence-corrected chi connectivity index (χ3v) is 5.80. The Morgan fingerprint density at radius 2 is 2.27 bits per heavy atom. The number of hydrogen-bond donors (Lipinski definition) is 2. The van der Waals surface area contributed by atoms with Crippen molar-refractivity contribution in [1.29, 1.82) is 0 Å². The first-order valence-electron chi connectivity index (χ1n) is 7.23. The summed E-state index contributed by atoms with van der Waals surface area (Å²) in [6.07, 6.45) is 2.21. The summed E-state index contributed by atoms with van der Waals surface area (Å²) in [5.41, 5.74) is 0.985. The van der Waals surface area contributed by atoms with Gasteiger partial charge in [-0.1, -0.05) is 6.92 Å². The van der Waals surface area contributed by atoms with Crippen LogP contribution in [0.15, 0.2) is 24.4 Å². The molecule has 1 amide bonds. The predicted molar refractivity (Wildman–Crippen MR) is 83.0 cm³/mol. The lowest BCUT2D eigenvalue weighted by atomic mass is 10.2. The monoisotopic (exact) mass is 322 g/mol. The van der Waals surface area contributed by atoms with Crippen molar-refractivity contribution >= 4 is 27.0 Å². The molecule has 22 heavy (non-hydrogen) atoms. The summed E-state index contributed by atoms with van der Waals surface area (Å²) in [6.45, 7) is 2.74. The van der Waals surface area contributed by atoms with E-state index in [0.29, 0.717) is 30.9 Å². The van der Waals surface area contributed by atoms with E-state index in [4.69, 9.17) is 0 Å². The van der Waals surface area contributed by atoms with Gasteiger partial charge in [0.1, 0.15) is 11.3 Å². The summed E-state index contributed by atoms with van der Waals surface area (Å²) in [6, 6.07) is 5.38. The number of pyridine rings is 1. The molecule has 1 unspecified atom stereocenters. The summed E-state index contributed by atoms with van der Waals surface area (Å²) >= 11 is 0. The molecule has 0 aliphatic carbocycles. The van der Waals surface area contributed by atoms with Gasteiger partial charge in [0, 0.05) is 31.2 Å². The first-order chi connectivity index (χ1) is 10.5. The van der Waals surface area contributed by atoms with E-state index in [-0.39, 0.29) is 12.5 Å². The molecule has 2 aromatic heterocycles. The van der Waals surface area contributed by atoms with Crippen molar-refractivity contribution in [3.63, 3.8) is 0 Å². The van der Waals surface area contributed by atoms with Gasteiger partial charge in [0.25, 0.3) is 5.91 Å². The Balaban J connectivity index is 1.76. The Labute approximate surface area is 128 Å². The minimum atomic E-state index is -3.35. The molecule has 1 fully saturated rings. The molecular formula is C14H18N4O3S. The van der Waals surface area contributed by atoms with Gasteiger partial charge in [-0.3, -0.25) is 4.79 Å². The van der Waals surface area contributed by atoms with Gasteiger partial charge in [0.2, 0.25) is 10.0 Å². The third-order valence-electron chi connectivity index (χ3n) is 3.85. The van der Waals surface area contributed by atoms with Crippen molar-refractivity contribution in [1.82, 2.24) is 19.6 Å². The molecule has 0 spiro atoms. The Bertz CT molecular complexity index is 799. The fourth-order valence-corrected chi connectivity index (χ4v) is 4.13. The Morgan fingerprint density at radius 1 is 1.45 bits per heavy atom. The minimum Gasteiger partial charge on any atom is -0.346 e. The summed E-state index contributed by atoms with van der Waals surface area (Å²) in [5, 5.41) is 0.385. The molecule has 2 N–H and O–H groups in total. The molecule has 1 aliphatic rings. The van der Waals surface area contributed by atoms with Crippen LogP contribution in [-0.2, 0) is 10.0 Å². The molecule has 118 valence electrons. The summed E-state index contributed by atoms with van der Waals surface area (Å²) in [4.78, 5) is 21.3. The van der Waals surface area contributed by atoms with Gasteiger partial charge >= 0.3 is 0 Å². The van der Waals surface area contributed by atoms with Crippen molar-refractivity contribution < 1.29 is 13.2 Å². The van der Waals surface area contributed by atoms with Gasteiger partial charge in [-0.2, -0.15) is 0 Å². The van der Waals surface area contributed by atoms with E-state index in [1.54, 1.807) is 24.1 Å². The second-order valence-corrected chi connectivity index (χ2v) is 7.36. The van der Waals surface area contributed by atoms with Crippen LogP contribution < -0.4 is 4.72 Å². The van der Waals surface area contributed by atoms with Crippen molar-refractivity contribution in [3.05, 3.63) is 30.1 Å². The van der Waals surface area contributed by atoms with Crippen LogP contribution in [0.25, 0.3) is 11.0 Å². The van der Waals surface area contributed by atoms with Crippen molar-refractivity contribution in [2.24, 2.45) is 0 Å². The van der Waals surface area contributed by atoms with Crippen LogP contribution in [0.4, 0.5) is 0 Å². The molecule has 3 rings (SSSR count). The lowest BCUT2D eigenvalue weighted by Gasteiger charge is -2.16. The fourth-order valence-electron chi connectivity index (χ4n) is 2.70. The molecule has 2 aromatic rings. The zero-order valence-corrected chi connectivity index (χ0v) is 13.1. The molecule has 0 aromatic carbocycles. The fraction of sp³-hybridized carbons (Fsp3) is 0.429. The molecule has 1 atom stereocenters. The zero-order chi connectivity index (χ0) is 15.7. The molecule has 3 heterocycles. The topological polar surface area (TPSA) is 95.2 Å². The van der Waals surface area contributed by atoms with E-state index in [9.17, 15) is 13.2 Å². The summed E-state index contributed by atoms with van der Waals surface area (Å²) in [7, 11) is -3.35. The highest BCUT2D eigenvalue weighted by molar-refractivity contribution is 7.90. The highest BCUT2D eigenvalue weighted by Crippen LogP contribution is 2.19. The highest BCUT2D eigenvalue weighted by atomic mass is 32.2. The number of aromatic amines is 1. The number of rotatable bonds is 4. The number of carbonyl (C=O) groups excluding carboxylic acids is 1. The Morgan fingerprint density at radius 3 is 3.05 bits per heavy atom. The molecule has 1 saturated heterocycles. The van der Waals surface area contributed by atoms with E-state index in [1.807, 2.05) is 12.1 Å². The number of nitrogens with one attached hydrogen (secondary N) is 2. The number of likely N-dealkylation sites (tertiary alicyclic amines) is 1. The van der Waals surface area contributed by atoms with Gasteiger partial charge in [0.05, 0.1) is 5.25 Å². The molecule has 0 bridgehead atoms. The van der Waals surface area contributed by atoms with Gasteiger partial charge in [-0.05, 0) is 24.6 Å². The smallest absolute Gasteiger partial charge is 0.272 e. The van der Waals surface area contributed by atoms with Gasteiger partial charge in [-0.25, -0.2) is 18.1 Å². The van der Waals surface area contributed by atoms with Gasteiger partial charge < -0.3 is 9.88 Å². The molecule has 1 aliphatic heterocycles. The van der Waals surface area contributed by atoms with Crippen LogP contribution in [0.3, 0.4) is 0 Å². The first-order valence-corrected chi connectivity index (χ1v) is 8.78. The normalized spacial score (nSPS) is 19.0. The van der Waals surface area contributed by atoms with Crippen LogP contribution in [-0.4, -0.2) is 54.1 Å². The number of hydrogen-bond acceptors (Lipinski definition) is 4. The highest BCUT2D eigenvalue weighted by Gasteiger charge is 2.35. The maximum Gasteiger partial charge on any atom is 0.272 e. The summed E-state index contributed by atoms with van der Waals surface area (Å²) < 4.78 is 26.5. The van der Waals surface area contributed by atoms with E-state index < -0.39 is 15.3 Å². The second kappa shape index (κ2) is 5.69. The standard InChI is InChI=1S/C14H18N4O3S/c1-2-16-22(20,21)11-6-8-18(9-11)14(19)12-4-3-10-5-7-15-13(10)17-12/h3-5,7,11,16H,2,6,8-9H2,1H3,(H,15,17). The van der Waals surface area contributed by atoms with Crippen LogP contribution >= 0.6 is 0 Å². The number of carbonyl (C=O) groups is 1. The minimum absolute atomic E-state index is 0.207. The SMILES string of the molecule is CCNS(=O)(=O)C1CCN(C(=O)c2ccc3cc[nH]c3n2)C1. The van der Waals surface area contributed by atoms with Gasteiger partial charge in [-0.15, -0.1) is 0 Å². The molecule has 0 radical (unpaired) electrons. The third kappa shape index (κ3) is 2.71. The number of nitrogens with zero attached hydrogens (tertiary/aromatic N) is 2. The van der Waals surface area contributed by atoms with E-state index >= 15 is 0 Å². The van der Waals surface area contributed by atoms with E-state index in [2.05, 4.69) is 14.7 Å². The van der Waals surface area contributed by atoms with Crippen LogP contribution in [0.5, 0.6) is 0 Å². The number of sulfonamides is 1. The van der Waals surface area contributed by atoms with Crippen molar-refractivity contribution in [3.8, 4) is 0 Å². The lowest BCUT2D eigenvalue weighted by Crippen LogP contribution is -2.37. The second-order valence-electron chi connectivity index (χ2n) is 5.32. The molecular weight excluding hydrogens is 304 g/mol. The first kappa shape index (κ1) is 15.0. The average Bonchev–Trinajstić information content (AvgIpc) is 3.15.